The standard InChI is InChI=1S/C16H15N7O2/c24-15(14-8-17-6-7-18-14)22-9-12-2-5-21-23(12)13(10-22)11-25-16-19-3-1-4-20-16/h1-8,13H,9-11H2. The molecule has 25 heavy (non-hydrogen) atoms. The zero-order chi connectivity index (χ0) is 17.1. The number of rotatable bonds is 4. The Bertz CT molecular complexity index is 853. The molecule has 0 bridgehead atoms. The van der Waals surface area contributed by atoms with Gasteiger partial charge in [-0.2, -0.15) is 5.10 Å². The largest absolute Gasteiger partial charge is 0.461 e. The van der Waals surface area contributed by atoms with Crippen molar-refractivity contribution in [1.82, 2.24) is 34.6 Å². The van der Waals surface area contributed by atoms with Gasteiger partial charge in [0.05, 0.1) is 18.4 Å². The van der Waals surface area contributed by atoms with Crippen molar-refractivity contribution in [3.8, 4) is 6.01 Å². The molecule has 0 spiro atoms. The maximum atomic E-state index is 12.7. The van der Waals surface area contributed by atoms with E-state index < -0.39 is 0 Å². The number of nitrogens with zero attached hydrogens (tertiary/aromatic N) is 7. The third-order valence-electron chi connectivity index (χ3n) is 3.90. The number of amides is 1. The molecule has 9 nitrogen and oxygen atoms in total. The minimum Gasteiger partial charge on any atom is -0.461 e. The third kappa shape index (κ3) is 3.16. The number of fused-ring (bicyclic) bond motifs is 1. The lowest BCUT2D eigenvalue weighted by atomic mass is 10.2. The molecular formula is C16H15N7O2. The number of carbonyl (C=O) groups is 1. The van der Waals surface area contributed by atoms with Crippen LogP contribution in [0.4, 0.5) is 0 Å². The van der Waals surface area contributed by atoms with Crippen molar-refractivity contribution >= 4 is 5.91 Å². The summed E-state index contributed by atoms with van der Waals surface area (Å²) in [4.78, 5) is 30.5. The summed E-state index contributed by atoms with van der Waals surface area (Å²) in [7, 11) is 0. The maximum absolute atomic E-state index is 12.7. The van der Waals surface area contributed by atoms with E-state index in [1.165, 1.54) is 12.4 Å². The van der Waals surface area contributed by atoms with Crippen LogP contribution in [-0.2, 0) is 6.54 Å². The molecule has 0 radical (unpaired) electrons. The van der Waals surface area contributed by atoms with E-state index in [4.69, 9.17) is 4.74 Å². The number of hydrogen-bond acceptors (Lipinski definition) is 7. The fourth-order valence-electron chi connectivity index (χ4n) is 2.77. The average molecular weight is 337 g/mol. The Kier molecular flexibility index (Phi) is 4.03. The van der Waals surface area contributed by atoms with E-state index in [2.05, 4.69) is 25.0 Å². The predicted molar refractivity (Wildman–Crippen MR) is 85.6 cm³/mol. The highest BCUT2D eigenvalue weighted by atomic mass is 16.5. The highest BCUT2D eigenvalue weighted by Crippen LogP contribution is 2.22. The van der Waals surface area contributed by atoms with Crippen LogP contribution >= 0.6 is 0 Å². The molecule has 0 aliphatic carbocycles. The monoisotopic (exact) mass is 337 g/mol. The second-order valence-corrected chi connectivity index (χ2v) is 5.54. The first-order chi connectivity index (χ1) is 12.3. The van der Waals surface area contributed by atoms with Gasteiger partial charge in [-0.15, -0.1) is 0 Å². The van der Waals surface area contributed by atoms with Crippen molar-refractivity contribution in [1.29, 1.82) is 0 Å². The Morgan fingerprint density at radius 1 is 1.16 bits per heavy atom. The molecule has 1 unspecified atom stereocenters. The Balaban J connectivity index is 1.52. The fraction of sp³-hybridized carbons (Fsp3) is 0.250. The summed E-state index contributed by atoms with van der Waals surface area (Å²) < 4.78 is 7.53. The van der Waals surface area contributed by atoms with E-state index in [0.29, 0.717) is 31.4 Å². The Hall–Kier alpha value is -3.36. The van der Waals surface area contributed by atoms with Gasteiger partial charge < -0.3 is 9.64 Å². The minimum atomic E-state index is -0.165. The fourth-order valence-corrected chi connectivity index (χ4v) is 2.77. The molecule has 4 rings (SSSR count). The normalized spacial score (nSPS) is 16.3. The smallest absolute Gasteiger partial charge is 0.316 e. The zero-order valence-electron chi connectivity index (χ0n) is 13.3. The van der Waals surface area contributed by atoms with Crippen LogP contribution in [0, 0.1) is 0 Å². The van der Waals surface area contributed by atoms with E-state index in [-0.39, 0.29) is 11.9 Å². The van der Waals surface area contributed by atoms with E-state index in [9.17, 15) is 4.79 Å². The van der Waals surface area contributed by atoms with Crippen molar-refractivity contribution < 1.29 is 9.53 Å². The number of carbonyl (C=O) groups excluding carboxylic acids is 1. The van der Waals surface area contributed by atoms with Gasteiger partial charge in [0.1, 0.15) is 18.3 Å². The van der Waals surface area contributed by atoms with Gasteiger partial charge in [-0.25, -0.2) is 15.0 Å². The Morgan fingerprint density at radius 3 is 2.84 bits per heavy atom. The van der Waals surface area contributed by atoms with E-state index in [1.807, 2.05) is 10.7 Å². The molecule has 0 fully saturated rings. The van der Waals surface area contributed by atoms with Gasteiger partial charge in [-0.05, 0) is 12.1 Å². The predicted octanol–water partition coefficient (Wildman–Crippen LogP) is 0.739. The highest BCUT2D eigenvalue weighted by Gasteiger charge is 2.30. The van der Waals surface area contributed by atoms with Crippen molar-refractivity contribution in [2.75, 3.05) is 13.2 Å². The summed E-state index contributed by atoms with van der Waals surface area (Å²) in [5, 5.41) is 4.35. The summed E-state index contributed by atoms with van der Waals surface area (Å²) >= 11 is 0. The molecule has 1 aliphatic heterocycles. The first kappa shape index (κ1) is 15.2. The van der Waals surface area contributed by atoms with Crippen LogP contribution in [0.25, 0.3) is 0 Å². The summed E-state index contributed by atoms with van der Waals surface area (Å²) in [6.07, 6.45) is 9.47. The van der Waals surface area contributed by atoms with Gasteiger partial charge in [0.2, 0.25) is 0 Å². The summed E-state index contributed by atoms with van der Waals surface area (Å²) in [6, 6.07) is 3.78. The zero-order valence-corrected chi connectivity index (χ0v) is 13.3. The Morgan fingerprint density at radius 2 is 2.04 bits per heavy atom. The number of aromatic nitrogens is 6. The molecule has 1 aliphatic rings. The van der Waals surface area contributed by atoms with Gasteiger partial charge >= 0.3 is 6.01 Å². The second kappa shape index (κ2) is 6.63. The molecule has 1 atom stereocenters. The molecule has 0 aromatic carbocycles. The molecule has 3 aromatic heterocycles. The molecule has 126 valence electrons. The minimum absolute atomic E-state index is 0.136. The first-order valence-electron chi connectivity index (χ1n) is 7.79. The van der Waals surface area contributed by atoms with Gasteiger partial charge in [0.25, 0.3) is 5.91 Å². The molecule has 1 amide bonds. The lowest BCUT2D eigenvalue weighted by molar-refractivity contribution is 0.0623. The summed E-state index contributed by atoms with van der Waals surface area (Å²) in [5.74, 6) is -0.165. The molecule has 9 heteroatoms. The molecule has 0 saturated heterocycles. The van der Waals surface area contributed by atoms with Crippen molar-refractivity contribution in [3.63, 3.8) is 0 Å². The first-order valence-corrected chi connectivity index (χ1v) is 7.79. The van der Waals surface area contributed by atoms with Crippen molar-refractivity contribution in [2.45, 2.75) is 12.6 Å². The highest BCUT2D eigenvalue weighted by molar-refractivity contribution is 5.92. The van der Waals surface area contributed by atoms with Crippen LogP contribution in [0.3, 0.4) is 0 Å². The lowest BCUT2D eigenvalue weighted by Crippen LogP contribution is -2.43. The van der Waals surface area contributed by atoms with E-state index in [1.54, 1.807) is 35.8 Å². The van der Waals surface area contributed by atoms with E-state index >= 15 is 0 Å². The summed E-state index contributed by atoms with van der Waals surface area (Å²) in [5.41, 5.74) is 1.26. The molecule has 4 heterocycles. The van der Waals surface area contributed by atoms with Crippen LogP contribution in [0.1, 0.15) is 22.2 Å². The van der Waals surface area contributed by atoms with Crippen molar-refractivity contribution in [2.24, 2.45) is 0 Å². The van der Waals surface area contributed by atoms with Gasteiger partial charge in [-0.3, -0.25) is 14.5 Å². The van der Waals surface area contributed by atoms with Crippen LogP contribution in [0.2, 0.25) is 0 Å². The second-order valence-electron chi connectivity index (χ2n) is 5.54. The SMILES string of the molecule is O=C(c1cnccn1)N1Cc2ccnn2C(COc2ncccn2)C1. The Labute approximate surface area is 143 Å². The number of ether oxygens (including phenoxy) is 1. The quantitative estimate of drug-likeness (QED) is 0.692. The maximum Gasteiger partial charge on any atom is 0.316 e. The van der Waals surface area contributed by atoms with Gasteiger partial charge in [-0.1, -0.05) is 0 Å². The summed E-state index contributed by atoms with van der Waals surface area (Å²) in [6.45, 7) is 1.23. The molecular weight excluding hydrogens is 322 g/mol. The van der Waals surface area contributed by atoms with Crippen LogP contribution < -0.4 is 4.74 Å². The van der Waals surface area contributed by atoms with E-state index in [0.717, 1.165) is 5.69 Å². The third-order valence-corrected chi connectivity index (χ3v) is 3.90. The lowest BCUT2D eigenvalue weighted by Gasteiger charge is -2.33. The topological polar surface area (TPSA) is 98.9 Å². The van der Waals surface area contributed by atoms with Crippen LogP contribution in [-0.4, -0.2) is 53.7 Å². The van der Waals surface area contributed by atoms with Crippen LogP contribution in [0.5, 0.6) is 6.01 Å². The molecule has 3 aromatic rings. The molecule has 0 N–H and O–H groups in total. The van der Waals surface area contributed by atoms with Crippen molar-refractivity contribution in [3.05, 3.63) is 60.7 Å². The average Bonchev–Trinajstić information content (AvgIpc) is 3.16. The van der Waals surface area contributed by atoms with Crippen LogP contribution in [0.15, 0.2) is 49.3 Å². The van der Waals surface area contributed by atoms with Gasteiger partial charge in [0, 0.05) is 37.5 Å². The van der Waals surface area contributed by atoms with Gasteiger partial charge in [0.15, 0.2) is 0 Å². The molecule has 0 saturated carbocycles. The number of hydrogen-bond donors (Lipinski definition) is 0.